The summed E-state index contributed by atoms with van der Waals surface area (Å²) in [7, 11) is 0. The Labute approximate surface area is 227 Å². The Kier molecular flexibility index (Phi) is 8.05. The Bertz CT molecular complexity index is 1380. The van der Waals surface area contributed by atoms with Gasteiger partial charge in [-0.1, -0.05) is 48.0 Å². The van der Waals surface area contributed by atoms with Crippen LogP contribution in [-0.4, -0.2) is 66.0 Å². The predicted octanol–water partition coefficient (Wildman–Crippen LogP) is 4.47. The van der Waals surface area contributed by atoms with Gasteiger partial charge >= 0.3 is 0 Å². The van der Waals surface area contributed by atoms with Crippen LogP contribution in [0.1, 0.15) is 28.3 Å². The third-order valence-corrected chi connectivity index (χ3v) is 7.12. The van der Waals surface area contributed by atoms with Crippen molar-refractivity contribution in [2.24, 2.45) is 0 Å². The van der Waals surface area contributed by atoms with E-state index in [2.05, 4.69) is 4.90 Å². The molecule has 0 unspecified atom stereocenters. The van der Waals surface area contributed by atoms with Crippen LogP contribution in [0.2, 0.25) is 0 Å². The first-order valence-corrected chi connectivity index (χ1v) is 13.0. The summed E-state index contributed by atoms with van der Waals surface area (Å²) in [6.45, 7) is 5.75. The fourth-order valence-corrected chi connectivity index (χ4v) is 5.04. The smallest absolute Gasteiger partial charge is 0.295 e. The maximum atomic E-state index is 15.0. The highest BCUT2D eigenvalue weighted by molar-refractivity contribution is 6.46. The largest absolute Gasteiger partial charge is 0.507 e. The predicted molar refractivity (Wildman–Crippen MR) is 145 cm³/mol. The maximum Gasteiger partial charge on any atom is 0.295 e. The number of amides is 1. The van der Waals surface area contributed by atoms with Gasteiger partial charge in [0.1, 0.15) is 23.9 Å². The van der Waals surface area contributed by atoms with Crippen LogP contribution in [0.25, 0.3) is 5.76 Å². The normalized spacial score (nSPS) is 19.4. The molecule has 2 aliphatic rings. The van der Waals surface area contributed by atoms with E-state index in [1.165, 1.54) is 11.0 Å². The molecule has 0 aliphatic carbocycles. The van der Waals surface area contributed by atoms with Crippen LogP contribution in [0.5, 0.6) is 5.75 Å². The van der Waals surface area contributed by atoms with Crippen molar-refractivity contribution < 1.29 is 28.6 Å². The molecule has 0 spiro atoms. The lowest BCUT2D eigenvalue weighted by Crippen LogP contribution is -2.42. The monoisotopic (exact) mass is 530 g/mol. The minimum Gasteiger partial charge on any atom is -0.507 e. The lowest BCUT2D eigenvalue weighted by molar-refractivity contribution is -0.140. The number of rotatable bonds is 8. The van der Waals surface area contributed by atoms with E-state index < -0.39 is 23.5 Å². The fourth-order valence-electron chi connectivity index (χ4n) is 5.04. The zero-order chi connectivity index (χ0) is 27.4. The number of Topliss-reactive ketones (excluding diaryl/α,β-unsaturated/α-hetero) is 1. The second-order valence-corrected chi connectivity index (χ2v) is 9.77. The van der Waals surface area contributed by atoms with E-state index in [1.54, 1.807) is 42.5 Å². The number of halogens is 1. The molecule has 3 aromatic carbocycles. The lowest BCUT2D eigenvalue weighted by Gasteiger charge is -2.31. The average Bonchev–Trinajstić information content (AvgIpc) is 3.20. The van der Waals surface area contributed by atoms with Crippen LogP contribution in [0.15, 0.2) is 78.4 Å². The van der Waals surface area contributed by atoms with Crippen molar-refractivity contribution in [3.8, 4) is 5.75 Å². The summed E-state index contributed by atoms with van der Waals surface area (Å²) >= 11 is 0. The van der Waals surface area contributed by atoms with Crippen molar-refractivity contribution in [1.29, 1.82) is 0 Å². The highest BCUT2D eigenvalue weighted by atomic mass is 19.1. The molecular weight excluding hydrogens is 499 g/mol. The Morgan fingerprint density at radius 2 is 1.74 bits per heavy atom. The van der Waals surface area contributed by atoms with E-state index in [9.17, 15) is 14.7 Å². The molecular formula is C31H31FN2O5. The molecule has 2 saturated heterocycles. The Morgan fingerprint density at radius 3 is 2.46 bits per heavy atom. The van der Waals surface area contributed by atoms with Gasteiger partial charge in [-0.15, -0.1) is 0 Å². The van der Waals surface area contributed by atoms with Crippen LogP contribution >= 0.6 is 0 Å². The molecule has 3 aromatic rings. The number of ketones is 1. The van der Waals surface area contributed by atoms with Crippen LogP contribution in [-0.2, 0) is 20.9 Å². The second kappa shape index (κ2) is 11.8. The standard InChI is InChI=1S/C31H31FN2O5/c1-21-5-4-6-22(19-21)20-39-24-11-9-23(10-12-24)29(35)27-28(25-7-2-3-8-26(25)32)34(31(37)30(27)36)14-13-33-15-17-38-18-16-33/h2-12,19,28,35H,13-18,20H2,1H3/t28-/m0/s1. The Hall–Kier alpha value is -4.01. The number of aliphatic hydroxyl groups is 1. The topological polar surface area (TPSA) is 79.3 Å². The van der Waals surface area contributed by atoms with Crippen molar-refractivity contribution >= 4 is 17.4 Å². The molecule has 0 bridgehead atoms. The summed E-state index contributed by atoms with van der Waals surface area (Å²) in [5, 5.41) is 11.3. The molecule has 5 rings (SSSR count). The number of hydrogen-bond donors (Lipinski definition) is 1. The number of morpholine rings is 1. The van der Waals surface area contributed by atoms with Crippen molar-refractivity contribution in [2.45, 2.75) is 19.6 Å². The number of benzene rings is 3. The minimum atomic E-state index is -1.04. The molecule has 202 valence electrons. The fraction of sp³-hybridized carbons (Fsp3) is 0.290. The van der Waals surface area contributed by atoms with E-state index in [0.717, 1.165) is 11.1 Å². The van der Waals surface area contributed by atoms with Crippen molar-refractivity contribution in [3.05, 3.63) is 106 Å². The molecule has 39 heavy (non-hydrogen) atoms. The molecule has 0 aromatic heterocycles. The van der Waals surface area contributed by atoms with Gasteiger partial charge in [-0.05, 0) is 42.8 Å². The number of likely N-dealkylation sites (tertiary alicyclic amines) is 1. The van der Waals surface area contributed by atoms with Crippen LogP contribution in [0.4, 0.5) is 4.39 Å². The van der Waals surface area contributed by atoms with Crippen LogP contribution < -0.4 is 4.74 Å². The summed E-state index contributed by atoms with van der Waals surface area (Å²) in [4.78, 5) is 29.9. The van der Waals surface area contributed by atoms with Gasteiger partial charge in [-0.25, -0.2) is 4.39 Å². The molecule has 0 saturated carbocycles. The first kappa shape index (κ1) is 26.6. The minimum absolute atomic E-state index is 0.125. The summed E-state index contributed by atoms with van der Waals surface area (Å²) in [5.74, 6) is -1.89. The number of hydrogen-bond acceptors (Lipinski definition) is 6. The average molecular weight is 531 g/mol. The lowest BCUT2D eigenvalue weighted by atomic mass is 9.95. The number of carbonyl (C=O) groups is 2. The molecule has 2 fully saturated rings. The highest BCUT2D eigenvalue weighted by Crippen LogP contribution is 2.40. The summed E-state index contributed by atoms with van der Waals surface area (Å²) < 4.78 is 26.3. The molecule has 0 radical (unpaired) electrons. The highest BCUT2D eigenvalue weighted by Gasteiger charge is 2.46. The van der Waals surface area contributed by atoms with Crippen molar-refractivity contribution in [3.63, 3.8) is 0 Å². The van der Waals surface area contributed by atoms with E-state index in [4.69, 9.17) is 9.47 Å². The summed E-state index contributed by atoms with van der Waals surface area (Å²) in [6.07, 6.45) is 0. The molecule has 1 N–H and O–H groups in total. The first-order chi connectivity index (χ1) is 18.9. The molecule has 1 amide bonds. The van der Waals surface area contributed by atoms with Gasteiger partial charge in [0.2, 0.25) is 0 Å². The van der Waals surface area contributed by atoms with Gasteiger partial charge in [0.25, 0.3) is 11.7 Å². The van der Waals surface area contributed by atoms with Gasteiger partial charge in [-0.2, -0.15) is 0 Å². The molecule has 8 heteroatoms. The third kappa shape index (κ3) is 5.87. The quantitative estimate of drug-likeness (QED) is 0.263. The van der Waals surface area contributed by atoms with Crippen LogP contribution in [0.3, 0.4) is 0 Å². The Morgan fingerprint density at radius 1 is 1.00 bits per heavy atom. The number of aryl methyl sites for hydroxylation is 1. The molecule has 1 atom stereocenters. The zero-order valence-corrected chi connectivity index (χ0v) is 21.8. The van der Waals surface area contributed by atoms with E-state index >= 15 is 4.39 Å². The van der Waals surface area contributed by atoms with E-state index in [-0.39, 0.29) is 23.4 Å². The van der Waals surface area contributed by atoms with Gasteiger partial charge < -0.3 is 19.5 Å². The zero-order valence-electron chi connectivity index (χ0n) is 21.8. The third-order valence-electron chi connectivity index (χ3n) is 7.12. The second-order valence-electron chi connectivity index (χ2n) is 9.77. The summed E-state index contributed by atoms with van der Waals surface area (Å²) in [5.41, 5.74) is 2.55. The van der Waals surface area contributed by atoms with E-state index in [1.807, 2.05) is 31.2 Å². The number of aliphatic hydroxyl groups excluding tert-OH is 1. The number of nitrogens with zero attached hydrogens (tertiary/aromatic N) is 2. The SMILES string of the molecule is Cc1cccc(COc2ccc(C(O)=C3C(=O)C(=O)N(CCN4CCOCC4)[C@H]3c3ccccc3F)cc2)c1. The van der Waals surface area contributed by atoms with Crippen LogP contribution in [0, 0.1) is 12.7 Å². The van der Waals surface area contributed by atoms with Crippen molar-refractivity contribution in [1.82, 2.24) is 9.80 Å². The molecule has 2 heterocycles. The molecule has 2 aliphatic heterocycles. The summed E-state index contributed by atoms with van der Waals surface area (Å²) in [6, 6.07) is 19.6. The first-order valence-electron chi connectivity index (χ1n) is 13.0. The van der Waals surface area contributed by atoms with Crippen molar-refractivity contribution in [2.75, 3.05) is 39.4 Å². The number of ether oxygens (including phenoxy) is 2. The number of carbonyl (C=O) groups excluding carboxylic acids is 2. The molecule has 7 nitrogen and oxygen atoms in total. The van der Waals surface area contributed by atoms with E-state index in [0.29, 0.717) is 50.8 Å². The van der Waals surface area contributed by atoms with Gasteiger partial charge in [0, 0.05) is 37.3 Å². The van der Waals surface area contributed by atoms with Gasteiger partial charge in [0.15, 0.2) is 0 Å². The van der Waals surface area contributed by atoms with Gasteiger partial charge in [-0.3, -0.25) is 14.5 Å². The Balaban J connectivity index is 1.42. The van der Waals surface area contributed by atoms with Gasteiger partial charge in [0.05, 0.1) is 24.8 Å². The maximum absolute atomic E-state index is 15.0.